The van der Waals surface area contributed by atoms with E-state index in [1.54, 1.807) is 7.11 Å². The molecule has 1 aromatic carbocycles. The van der Waals surface area contributed by atoms with Gasteiger partial charge in [-0.05, 0) is 25.0 Å². The van der Waals surface area contributed by atoms with E-state index in [1.807, 2.05) is 25.1 Å². The second-order valence-corrected chi connectivity index (χ2v) is 3.91. The number of nitrogens with one attached hydrogen (secondary N) is 1. The highest BCUT2D eigenvalue weighted by Gasteiger charge is 2.12. The van der Waals surface area contributed by atoms with Crippen LogP contribution >= 0.6 is 0 Å². The zero-order valence-corrected chi connectivity index (χ0v) is 10.4. The Balaban J connectivity index is 2.87. The Kier molecular flexibility index (Phi) is 3.15. The lowest BCUT2D eigenvalue weighted by molar-refractivity contribution is 0.419. The molecule has 17 heavy (non-hydrogen) atoms. The second-order valence-electron chi connectivity index (χ2n) is 3.91. The smallest absolute Gasteiger partial charge is 0.145 e. The Morgan fingerprint density at radius 1 is 1.41 bits per heavy atom. The van der Waals surface area contributed by atoms with Gasteiger partial charge in [0.2, 0.25) is 0 Å². The number of benzene rings is 1. The van der Waals surface area contributed by atoms with Crippen LogP contribution < -0.4 is 16.0 Å². The summed E-state index contributed by atoms with van der Waals surface area (Å²) >= 11 is 0. The molecule has 0 amide bonds. The first-order valence-electron chi connectivity index (χ1n) is 5.65. The summed E-state index contributed by atoms with van der Waals surface area (Å²) in [5.41, 5.74) is 6.67. The molecular weight excluding hydrogens is 214 g/mol. The molecule has 2 rings (SSSR count). The lowest BCUT2D eigenvalue weighted by Gasteiger charge is -2.14. The number of hydrogen-bond acceptors (Lipinski definition) is 4. The van der Waals surface area contributed by atoms with E-state index in [-0.39, 0.29) is 0 Å². The first-order valence-corrected chi connectivity index (χ1v) is 5.65. The van der Waals surface area contributed by atoms with Crippen molar-refractivity contribution in [3.05, 3.63) is 29.5 Å². The van der Waals surface area contributed by atoms with Crippen molar-refractivity contribution >= 4 is 16.6 Å². The first-order chi connectivity index (χ1) is 8.22. The Bertz CT molecular complexity index is 552. The third kappa shape index (κ3) is 1.80. The van der Waals surface area contributed by atoms with E-state index in [0.717, 1.165) is 40.0 Å². The molecule has 0 spiro atoms. The van der Waals surface area contributed by atoms with Crippen LogP contribution in [-0.2, 0) is 6.42 Å². The second kappa shape index (κ2) is 4.59. The van der Waals surface area contributed by atoms with Gasteiger partial charge in [-0.25, -0.2) is 4.98 Å². The number of anilines is 1. The van der Waals surface area contributed by atoms with Crippen LogP contribution in [0.15, 0.2) is 18.2 Å². The lowest BCUT2D eigenvalue weighted by atomic mass is 10.1. The molecule has 0 aliphatic carbocycles. The summed E-state index contributed by atoms with van der Waals surface area (Å²) in [5, 5.41) is 0.988. The largest absolute Gasteiger partial charge is 0.494 e. The molecule has 0 unspecified atom stereocenters. The number of hydrogen-bond donors (Lipinski definition) is 2. The Morgan fingerprint density at radius 3 is 2.76 bits per heavy atom. The summed E-state index contributed by atoms with van der Waals surface area (Å²) in [5.74, 6) is 6.39. The fraction of sp³-hybridized carbons (Fsp3) is 0.308. The van der Waals surface area contributed by atoms with Gasteiger partial charge in [-0.1, -0.05) is 19.1 Å². The van der Waals surface area contributed by atoms with E-state index >= 15 is 0 Å². The number of aromatic nitrogens is 1. The number of ether oxygens (including phenoxy) is 1. The van der Waals surface area contributed by atoms with Gasteiger partial charge >= 0.3 is 0 Å². The number of aryl methyl sites for hydroxylation is 1. The number of rotatable bonds is 3. The maximum Gasteiger partial charge on any atom is 0.145 e. The molecule has 0 saturated carbocycles. The van der Waals surface area contributed by atoms with E-state index in [1.165, 1.54) is 0 Å². The van der Waals surface area contributed by atoms with Crippen molar-refractivity contribution in [3.63, 3.8) is 0 Å². The minimum Gasteiger partial charge on any atom is -0.494 e. The zero-order valence-electron chi connectivity index (χ0n) is 10.4. The lowest BCUT2D eigenvalue weighted by Crippen LogP contribution is -2.11. The van der Waals surface area contributed by atoms with Crippen LogP contribution in [0.3, 0.4) is 0 Å². The van der Waals surface area contributed by atoms with E-state index in [4.69, 9.17) is 10.6 Å². The molecule has 4 heteroatoms. The van der Waals surface area contributed by atoms with Gasteiger partial charge in [-0.3, -0.25) is 5.84 Å². The quantitative estimate of drug-likeness (QED) is 0.629. The Labute approximate surface area is 101 Å². The average molecular weight is 231 g/mol. The number of nitrogens with zero attached hydrogens (tertiary/aromatic N) is 1. The van der Waals surface area contributed by atoms with Crippen molar-refractivity contribution in [1.82, 2.24) is 4.98 Å². The van der Waals surface area contributed by atoms with E-state index in [9.17, 15) is 0 Å². The predicted molar refractivity (Wildman–Crippen MR) is 70.2 cm³/mol. The minimum absolute atomic E-state index is 0.772. The SMILES string of the molecule is CCc1nc2c(OC)cccc2c(NN)c1C. The van der Waals surface area contributed by atoms with Crippen LogP contribution in [0.4, 0.5) is 5.69 Å². The van der Waals surface area contributed by atoms with E-state index in [2.05, 4.69) is 17.3 Å². The summed E-state index contributed by atoms with van der Waals surface area (Å²) < 4.78 is 5.34. The predicted octanol–water partition coefficient (Wildman–Crippen LogP) is 2.40. The van der Waals surface area contributed by atoms with Gasteiger partial charge in [0, 0.05) is 11.1 Å². The highest BCUT2D eigenvalue weighted by atomic mass is 16.5. The maximum atomic E-state index is 5.61. The molecule has 0 aliphatic rings. The Morgan fingerprint density at radius 2 is 2.18 bits per heavy atom. The van der Waals surface area contributed by atoms with Crippen LogP contribution in [0, 0.1) is 6.92 Å². The van der Waals surface area contributed by atoms with E-state index < -0.39 is 0 Å². The molecule has 0 atom stereocenters. The highest BCUT2D eigenvalue weighted by Crippen LogP contribution is 2.32. The molecule has 0 saturated heterocycles. The molecular formula is C13H17N3O. The van der Waals surface area contributed by atoms with Gasteiger partial charge in [-0.15, -0.1) is 0 Å². The average Bonchev–Trinajstić information content (AvgIpc) is 2.37. The van der Waals surface area contributed by atoms with Gasteiger partial charge in [0.15, 0.2) is 0 Å². The summed E-state index contributed by atoms with van der Waals surface area (Å²) in [6.45, 7) is 4.11. The number of fused-ring (bicyclic) bond motifs is 1. The van der Waals surface area contributed by atoms with Crippen LogP contribution in [0.2, 0.25) is 0 Å². The Hall–Kier alpha value is -1.81. The number of para-hydroxylation sites is 1. The van der Waals surface area contributed by atoms with Crippen molar-refractivity contribution in [1.29, 1.82) is 0 Å². The normalized spacial score (nSPS) is 10.6. The molecule has 0 radical (unpaired) electrons. The van der Waals surface area contributed by atoms with Crippen molar-refractivity contribution in [2.24, 2.45) is 5.84 Å². The molecule has 1 heterocycles. The molecule has 90 valence electrons. The molecule has 1 aromatic heterocycles. The van der Waals surface area contributed by atoms with Crippen molar-refractivity contribution in [2.45, 2.75) is 20.3 Å². The van der Waals surface area contributed by atoms with Crippen molar-refractivity contribution in [3.8, 4) is 5.75 Å². The van der Waals surface area contributed by atoms with Crippen LogP contribution in [-0.4, -0.2) is 12.1 Å². The summed E-state index contributed by atoms with van der Waals surface area (Å²) in [6.07, 6.45) is 0.870. The van der Waals surface area contributed by atoms with Gasteiger partial charge in [0.1, 0.15) is 11.3 Å². The standard InChI is InChI=1S/C13H17N3O/c1-4-10-8(2)12(16-14)9-6-5-7-11(17-3)13(9)15-10/h5-7H,4,14H2,1-3H3,(H,15,16). The van der Waals surface area contributed by atoms with Gasteiger partial charge in [0.25, 0.3) is 0 Å². The monoisotopic (exact) mass is 231 g/mol. The van der Waals surface area contributed by atoms with Gasteiger partial charge < -0.3 is 10.2 Å². The fourth-order valence-electron chi connectivity index (χ4n) is 2.10. The zero-order chi connectivity index (χ0) is 12.4. The number of pyridine rings is 1. The molecule has 0 fully saturated rings. The van der Waals surface area contributed by atoms with Crippen LogP contribution in [0.25, 0.3) is 10.9 Å². The third-order valence-corrected chi connectivity index (χ3v) is 3.02. The first kappa shape index (κ1) is 11.7. The highest BCUT2D eigenvalue weighted by molar-refractivity contribution is 5.96. The number of nitrogens with two attached hydrogens (primary N) is 1. The molecule has 2 aromatic rings. The van der Waals surface area contributed by atoms with Crippen molar-refractivity contribution in [2.75, 3.05) is 12.5 Å². The fourth-order valence-corrected chi connectivity index (χ4v) is 2.10. The van der Waals surface area contributed by atoms with Gasteiger partial charge in [0.05, 0.1) is 12.8 Å². The third-order valence-electron chi connectivity index (χ3n) is 3.02. The maximum absolute atomic E-state index is 5.61. The molecule has 4 nitrogen and oxygen atoms in total. The molecule has 3 N–H and O–H groups in total. The molecule has 0 bridgehead atoms. The number of methoxy groups -OCH3 is 1. The van der Waals surface area contributed by atoms with E-state index in [0.29, 0.717) is 0 Å². The summed E-state index contributed by atoms with van der Waals surface area (Å²) in [7, 11) is 1.65. The summed E-state index contributed by atoms with van der Waals surface area (Å²) in [4.78, 5) is 4.65. The van der Waals surface area contributed by atoms with Crippen LogP contribution in [0.5, 0.6) is 5.75 Å². The van der Waals surface area contributed by atoms with Gasteiger partial charge in [-0.2, -0.15) is 0 Å². The number of nitrogen functional groups attached to an aromatic ring is 1. The number of hydrazine groups is 1. The van der Waals surface area contributed by atoms with Crippen LogP contribution in [0.1, 0.15) is 18.2 Å². The minimum atomic E-state index is 0.772. The van der Waals surface area contributed by atoms with Crippen molar-refractivity contribution < 1.29 is 4.74 Å². The summed E-state index contributed by atoms with van der Waals surface area (Å²) in [6, 6.07) is 5.84. The molecule has 0 aliphatic heterocycles. The topological polar surface area (TPSA) is 60.2 Å².